The summed E-state index contributed by atoms with van der Waals surface area (Å²) in [6.45, 7) is 8.59. The molecule has 0 amide bonds. The molecule has 24 heavy (non-hydrogen) atoms. The fourth-order valence-electron chi connectivity index (χ4n) is 2.39. The molecule has 0 saturated carbocycles. The molecule has 0 saturated heterocycles. The molecule has 0 aliphatic heterocycles. The Balaban J connectivity index is 2.46. The second kappa shape index (κ2) is 7.80. The van der Waals surface area contributed by atoms with E-state index in [4.69, 9.17) is 11.6 Å². The number of rotatable bonds is 5. The zero-order chi connectivity index (χ0) is 17.7. The molecule has 3 nitrogen and oxygen atoms in total. The molecule has 1 N–H and O–H groups in total. The molecule has 0 unspecified atom stereocenters. The van der Waals surface area contributed by atoms with Gasteiger partial charge in [0.1, 0.15) is 17.1 Å². The normalized spacial score (nSPS) is 12.0. The molecule has 0 fully saturated rings. The maximum atomic E-state index is 10.6. The van der Waals surface area contributed by atoms with Gasteiger partial charge in [0.2, 0.25) is 0 Å². The summed E-state index contributed by atoms with van der Waals surface area (Å²) in [5, 5.41) is 19.6. The monoisotopic (exact) mass is 344 g/mol. The predicted octanol–water partition coefficient (Wildman–Crippen LogP) is 7.10. The third kappa shape index (κ3) is 4.57. The van der Waals surface area contributed by atoms with Gasteiger partial charge in [-0.3, -0.25) is 0 Å². The first-order chi connectivity index (χ1) is 11.3. The average molecular weight is 345 g/mol. The van der Waals surface area contributed by atoms with Crippen LogP contribution in [0.4, 0.5) is 11.4 Å². The van der Waals surface area contributed by atoms with Crippen molar-refractivity contribution in [2.75, 3.05) is 0 Å². The lowest BCUT2D eigenvalue weighted by molar-refractivity contribution is 0.466. The van der Waals surface area contributed by atoms with Crippen molar-refractivity contribution < 1.29 is 5.11 Å². The highest BCUT2D eigenvalue weighted by Gasteiger charge is 2.18. The molecule has 0 radical (unpaired) electrons. The van der Waals surface area contributed by atoms with E-state index in [0.717, 1.165) is 30.4 Å². The van der Waals surface area contributed by atoms with Crippen molar-refractivity contribution in [1.82, 2.24) is 0 Å². The quantitative estimate of drug-likeness (QED) is 0.577. The van der Waals surface area contributed by atoms with Crippen molar-refractivity contribution in [2.24, 2.45) is 10.2 Å². The van der Waals surface area contributed by atoms with E-state index < -0.39 is 0 Å². The first-order valence-corrected chi connectivity index (χ1v) is 8.73. The van der Waals surface area contributed by atoms with Gasteiger partial charge in [0.25, 0.3) is 0 Å². The number of hydrogen-bond donors (Lipinski definition) is 1. The molecule has 0 spiro atoms. The molecule has 2 aromatic carbocycles. The molecule has 4 heteroatoms. The van der Waals surface area contributed by atoms with Gasteiger partial charge in [-0.05, 0) is 47.6 Å². The summed E-state index contributed by atoms with van der Waals surface area (Å²) < 4.78 is 0. The fraction of sp³-hybridized carbons (Fsp3) is 0.400. The lowest BCUT2D eigenvalue weighted by atomic mass is 9.85. The van der Waals surface area contributed by atoms with Crippen molar-refractivity contribution in [3.8, 4) is 5.75 Å². The first kappa shape index (κ1) is 18.5. The van der Waals surface area contributed by atoms with E-state index in [1.54, 1.807) is 12.1 Å². The minimum Gasteiger partial charge on any atom is -0.505 e. The lowest BCUT2D eigenvalue weighted by Gasteiger charge is -2.21. The van der Waals surface area contributed by atoms with E-state index in [0.29, 0.717) is 16.4 Å². The van der Waals surface area contributed by atoms with Gasteiger partial charge in [0.05, 0.1) is 5.02 Å². The van der Waals surface area contributed by atoms with Crippen LogP contribution in [0.5, 0.6) is 5.75 Å². The molecule has 0 heterocycles. The van der Waals surface area contributed by atoms with Crippen LogP contribution in [0.3, 0.4) is 0 Å². The van der Waals surface area contributed by atoms with Crippen LogP contribution < -0.4 is 0 Å². The van der Waals surface area contributed by atoms with Crippen molar-refractivity contribution in [3.05, 3.63) is 52.5 Å². The van der Waals surface area contributed by atoms with Gasteiger partial charge in [-0.2, -0.15) is 0 Å². The summed E-state index contributed by atoms with van der Waals surface area (Å²) in [6.07, 6.45) is 2.94. The van der Waals surface area contributed by atoms with Gasteiger partial charge in [-0.1, -0.05) is 63.9 Å². The first-order valence-electron chi connectivity index (χ1n) is 8.35. The van der Waals surface area contributed by atoms with Crippen LogP contribution in [0, 0.1) is 0 Å². The van der Waals surface area contributed by atoms with Crippen LogP contribution >= 0.6 is 11.6 Å². The Labute approximate surface area is 149 Å². The van der Waals surface area contributed by atoms with Gasteiger partial charge in [-0.15, -0.1) is 10.2 Å². The van der Waals surface area contributed by atoms with Gasteiger partial charge < -0.3 is 5.11 Å². The Morgan fingerprint density at radius 1 is 1.04 bits per heavy atom. The van der Waals surface area contributed by atoms with Gasteiger partial charge in [-0.25, -0.2) is 0 Å². The summed E-state index contributed by atoms with van der Waals surface area (Å²) in [5.74, 6) is 0.215. The van der Waals surface area contributed by atoms with Crippen molar-refractivity contribution in [1.29, 1.82) is 0 Å². The third-order valence-corrected chi connectivity index (χ3v) is 4.27. The SMILES string of the molecule is CCCCc1cc(C(C)(C)C)cc(N=Nc2ccccc2Cl)c1O. The van der Waals surface area contributed by atoms with E-state index in [2.05, 4.69) is 44.0 Å². The molecular formula is C20H25ClN2O. The van der Waals surface area contributed by atoms with Crippen LogP contribution in [0.25, 0.3) is 0 Å². The minimum atomic E-state index is -0.0245. The molecule has 0 atom stereocenters. The zero-order valence-corrected chi connectivity index (χ0v) is 15.6. The number of hydrogen-bond acceptors (Lipinski definition) is 3. The largest absolute Gasteiger partial charge is 0.505 e. The summed E-state index contributed by atoms with van der Waals surface area (Å²) in [6, 6.07) is 11.3. The minimum absolute atomic E-state index is 0.0245. The van der Waals surface area contributed by atoms with E-state index in [-0.39, 0.29) is 11.2 Å². The van der Waals surface area contributed by atoms with Crippen molar-refractivity contribution in [2.45, 2.75) is 52.4 Å². The Bertz CT molecular complexity index is 733. The predicted molar refractivity (Wildman–Crippen MR) is 101 cm³/mol. The summed E-state index contributed by atoms with van der Waals surface area (Å²) in [5.41, 5.74) is 3.13. The zero-order valence-electron chi connectivity index (χ0n) is 14.8. The molecule has 0 bridgehead atoms. The Kier molecular flexibility index (Phi) is 6.00. The van der Waals surface area contributed by atoms with Crippen LogP contribution in [-0.4, -0.2) is 5.11 Å². The van der Waals surface area contributed by atoms with Crippen molar-refractivity contribution >= 4 is 23.0 Å². The van der Waals surface area contributed by atoms with E-state index >= 15 is 0 Å². The summed E-state index contributed by atoms with van der Waals surface area (Å²) in [7, 11) is 0. The standard InChI is InChI=1S/C20H25ClN2O/c1-5-6-9-14-12-15(20(2,3)4)13-18(19(14)24)23-22-17-11-8-7-10-16(17)21/h7-8,10-13,24H,5-6,9H2,1-4H3. The second-order valence-corrected chi connectivity index (χ2v) is 7.42. The Hall–Kier alpha value is -1.87. The van der Waals surface area contributed by atoms with Crippen molar-refractivity contribution in [3.63, 3.8) is 0 Å². The van der Waals surface area contributed by atoms with Gasteiger partial charge in [0.15, 0.2) is 0 Å². The molecule has 2 rings (SSSR count). The summed E-state index contributed by atoms with van der Waals surface area (Å²) >= 11 is 6.12. The highest BCUT2D eigenvalue weighted by molar-refractivity contribution is 6.32. The number of aryl methyl sites for hydroxylation is 1. The number of azo groups is 1. The molecular weight excluding hydrogens is 320 g/mol. The number of aromatic hydroxyl groups is 1. The smallest absolute Gasteiger partial charge is 0.146 e. The molecule has 0 aliphatic rings. The number of benzene rings is 2. The Morgan fingerprint density at radius 2 is 1.71 bits per heavy atom. The second-order valence-electron chi connectivity index (χ2n) is 7.01. The molecule has 128 valence electrons. The lowest BCUT2D eigenvalue weighted by Crippen LogP contribution is -2.11. The highest BCUT2D eigenvalue weighted by Crippen LogP contribution is 2.38. The number of halogens is 1. The number of phenols is 1. The molecule has 0 aromatic heterocycles. The van der Waals surface area contributed by atoms with E-state index in [9.17, 15) is 5.11 Å². The van der Waals surface area contributed by atoms with Gasteiger partial charge in [0, 0.05) is 0 Å². The van der Waals surface area contributed by atoms with Crippen LogP contribution in [0.15, 0.2) is 46.6 Å². The molecule has 2 aromatic rings. The summed E-state index contributed by atoms with van der Waals surface area (Å²) in [4.78, 5) is 0. The maximum absolute atomic E-state index is 10.6. The van der Waals surface area contributed by atoms with E-state index in [1.807, 2.05) is 18.2 Å². The van der Waals surface area contributed by atoms with Crippen LogP contribution in [-0.2, 0) is 11.8 Å². The molecule has 0 aliphatic carbocycles. The highest BCUT2D eigenvalue weighted by atomic mass is 35.5. The van der Waals surface area contributed by atoms with Crippen LogP contribution in [0.2, 0.25) is 5.02 Å². The van der Waals surface area contributed by atoms with Gasteiger partial charge >= 0.3 is 0 Å². The Morgan fingerprint density at radius 3 is 2.33 bits per heavy atom. The topological polar surface area (TPSA) is 45.0 Å². The van der Waals surface area contributed by atoms with Crippen LogP contribution in [0.1, 0.15) is 51.7 Å². The number of nitrogens with zero attached hydrogens (tertiary/aromatic N) is 2. The fourth-order valence-corrected chi connectivity index (χ4v) is 2.56. The third-order valence-electron chi connectivity index (χ3n) is 3.95. The average Bonchev–Trinajstić information content (AvgIpc) is 2.53. The van der Waals surface area contributed by atoms with E-state index in [1.165, 1.54) is 0 Å². The maximum Gasteiger partial charge on any atom is 0.146 e. The number of unbranched alkanes of at least 4 members (excludes halogenated alkanes) is 1. The number of phenolic OH excluding ortho intramolecular Hbond substituents is 1.